The Kier molecular flexibility index (Phi) is 8.95. The van der Waals surface area contributed by atoms with Crippen molar-refractivity contribution in [1.29, 1.82) is 0 Å². The summed E-state index contributed by atoms with van der Waals surface area (Å²) in [7, 11) is 1.68. The lowest BCUT2D eigenvalue weighted by Gasteiger charge is -2.33. The number of aryl methyl sites for hydroxylation is 1. The zero-order valence-electron chi connectivity index (χ0n) is 27.8. The molecule has 47 heavy (non-hydrogen) atoms. The molecular weight excluding hydrogens is 598 g/mol. The lowest BCUT2D eigenvalue weighted by molar-refractivity contribution is 0.0198. The second kappa shape index (κ2) is 13.0. The third-order valence-electron chi connectivity index (χ3n) is 8.98. The van der Waals surface area contributed by atoms with Gasteiger partial charge in [0.05, 0.1) is 5.69 Å². The second-order valence-corrected chi connectivity index (χ2v) is 13.5. The molecule has 1 aromatic carbocycles. The molecule has 13 heteroatoms. The highest BCUT2D eigenvalue weighted by atomic mass is 16.6. The van der Waals surface area contributed by atoms with Gasteiger partial charge >= 0.3 is 6.09 Å². The number of hydrogen-bond donors (Lipinski definition) is 4. The minimum Gasteiger partial charge on any atom is -0.444 e. The molecule has 4 heterocycles. The largest absolute Gasteiger partial charge is 0.444 e. The molecule has 1 saturated heterocycles. The highest BCUT2D eigenvalue weighted by Crippen LogP contribution is 2.38. The summed E-state index contributed by atoms with van der Waals surface area (Å²) in [6.07, 6.45) is 5.09. The number of rotatable bonds is 9. The molecule has 13 nitrogen and oxygen atoms in total. The van der Waals surface area contributed by atoms with Gasteiger partial charge in [0.25, 0.3) is 5.56 Å². The van der Waals surface area contributed by atoms with Crippen molar-refractivity contribution >= 4 is 34.4 Å². The number of aliphatic hydroxyl groups is 1. The van der Waals surface area contributed by atoms with E-state index in [1.807, 2.05) is 64.1 Å². The molecule has 3 aromatic heterocycles. The first-order chi connectivity index (χ1) is 22.4. The van der Waals surface area contributed by atoms with Crippen molar-refractivity contribution in [2.75, 3.05) is 36.8 Å². The summed E-state index contributed by atoms with van der Waals surface area (Å²) in [5.41, 5.74) is 2.26. The van der Waals surface area contributed by atoms with Crippen LogP contribution in [0.15, 0.2) is 47.4 Å². The molecule has 1 aliphatic carbocycles. The monoisotopic (exact) mass is 643 g/mol. The topological polar surface area (TPSA) is 151 Å². The maximum atomic E-state index is 13.1. The van der Waals surface area contributed by atoms with Crippen molar-refractivity contribution in [2.24, 2.45) is 7.05 Å². The Labute approximate surface area is 274 Å². The summed E-state index contributed by atoms with van der Waals surface area (Å²) in [5.74, 6) is 0.874. The first kappa shape index (κ1) is 32.5. The Morgan fingerprint density at radius 1 is 1.06 bits per heavy atom. The van der Waals surface area contributed by atoms with Crippen LogP contribution in [0.25, 0.3) is 16.9 Å². The van der Waals surface area contributed by atoms with Gasteiger partial charge in [0.1, 0.15) is 16.6 Å². The number of amides is 1. The predicted molar refractivity (Wildman–Crippen MR) is 181 cm³/mol. The van der Waals surface area contributed by atoms with Crippen LogP contribution in [0.3, 0.4) is 0 Å². The molecule has 1 atom stereocenters. The standard InChI is InChI=1S/C34H45N9O4/c1-6-34(46)16-13-22-7-12-27(39-28(22)34)43-29-26(30(44)41(43)5)21-37-31(40-29)38-25-10-8-23(9-11-25)35-17-18-36-24-14-19-42(20-15-24)32(45)47-33(2,3)4/h7-12,21,24,35-36,46H,6,13-20H2,1-5H3,(H,37,38,40)/t34-/m1/s1. The number of hydrogen-bond acceptors (Lipinski definition) is 10. The van der Waals surface area contributed by atoms with Crippen molar-refractivity contribution in [3.05, 3.63) is 64.2 Å². The number of likely N-dealkylation sites (tertiary alicyclic amines) is 1. The summed E-state index contributed by atoms with van der Waals surface area (Å²) in [5, 5.41) is 21.8. The Bertz CT molecular complexity index is 1800. The SMILES string of the molecule is CC[C@@]1(O)CCc2ccc(-n3c4nc(Nc5ccc(NCCNC6CCN(C(=O)OC(C)(C)C)CC6)cc5)ncc4c(=O)n3C)nc21. The number of aromatic nitrogens is 5. The third-order valence-corrected chi connectivity index (χ3v) is 8.98. The predicted octanol–water partition coefficient (Wildman–Crippen LogP) is 4.20. The zero-order chi connectivity index (χ0) is 33.3. The van der Waals surface area contributed by atoms with Crippen LogP contribution >= 0.6 is 0 Å². The number of nitrogens with one attached hydrogen (secondary N) is 3. The number of carbonyl (C=O) groups is 1. The van der Waals surface area contributed by atoms with Crippen LogP contribution in [0.1, 0.15) is 64.6 Å². The van der Waals surface area contributed by atoms with Crippen LogP contribution in [0, 0.1) is 0 Å². The molecular formula is C34H45N9O4. The lowest BCUT2D eigenvalue weighted by Crippen LogP contribution is -2.47. The van der Waals surface area contributed by atoms with Crippen LogP contribution in [-0.4, -0.2) is 78.2 Å². The van der Waals surface area contributed by atoms with E-state index in [0.717, 1.165) is 49.3 Å². The van der Waals surface area contributed by atoms with Crippen molar-refractivity contribution in [3.8, 4) is 5.82 Å². The van der Waals surface area contributed by atoms with Gasteiger partial charge in [-0.05, 0) is 88.8 Å². The van der Waals surface area contributed by atoms with Crippen molar-refractivity contribution < 1.29 is 14.6 Å². The van der Waals surface area contributed by atoms with E-state index in [2.05, 4.69) is 20.9 Å². The molecule has 0 spiro atoms. The van der Waals surface area contributed by atoms with E-state index in [-0.39, 0.29) is 11.7 Å². The molecule has 0 saturated carbocycles. The van der Waals surface area contributed by atoms with Gasteiger partial charge in [-0.3, -0.25) is 4.79 Å². The zero-order valence-corrected chi connectivity index (χ0v) is 27.8. The first-order valence-corrected chi connectivity index (χ1v) is 16.4. The molecule has 1 amide bonds. The van der Waals surface area contributed by atoms with E-state index in [1.165, 1.54) is 10.9 Å². The van der Waals surface area contributed by atoms with Gasteiger partial charge in [0.15, 0.2) is 11.5 Å². The minimum atomic E-state index is -0.963. The summed E-state index contributed by atoms with van der Waals surface area (Å²) >= 11 is 0. The fourth-order valence-electron chi connectivity index (χ4n) is 6.30. The highest BCUT2D eigenvalue weighted by Gasteiger charge is 2.37. The fourth-order valence-corrected chi connectivity index (χ4v) is 6.30. The van der Waals surface area contributed by atoms with Crippen LogP contribution in [0.4, 0.5) is 22.1 Å². The summed E-state index contributed by atoms with van der Waals surface area (Å²) < 4.78 is 8.63. The van der Waals surface area contributed by atoms with Crippen LogP contribution < -0.4 is 21.5 Å². The number of fused-ring (bicyclic) bond motifs is 2. The van der Waals surface area contributed by atoms with Gasteiger partial charge in [0.2, 0.25) is 5.95 Å². The van der Waals surface area contributed by atoms with E-state index in [1.54, 1.807) is 16.6 Å². The average Bonchev–Trinajstić information content (AvgIpc) is 3.51. The van der Waals surface area contributed by atoms with Gasteiger partial charge < -0.3 is 30.7 Å². The molecule has 2 aliphatic rings. The highest BCUT2D eigenvalue weighted by molar-refractivity contribution is 5.77. The fraction of sp³-hybridized carbons (Fsp3) is 0.500. The van der Waals surface area contributed by atoms with Crippen LogP contribution in [-0.2, 0) is 23.8 Å². The molecule has 4 aromatic rings. The van der Waals surface area contributed by atoms with Gasteiger partial charge in [-0.1, -0.05) is 13.0 Å². The molecule has 4 N–H and O–H groups in total. The quantitative estimate of drug-likeness (QED) is 0.195. The Morgan fingerprint density at radius 3 is 2.49 bits per heavy atom. The van der Waals surface area contributed by atoms with E-state index in [9.17, 15) is 14.7 Å². The number of ether oxygens (including phenoxy) is 1. The third kappa shape index (κ3) is 6.96. The van der Waals surface area contributed by atoms with Gasteiger partial charge in [0, 0.05) is 56.8 Å². The average molecular weight is 644 g/mol. The molecule has 250 valence electrons. The van der Waals surface area contributed by atoms with E-state index in [0.29, 0.717) is 60.5 Å². The van der Waals surface area contributed by atoms with Crippen LogP contribution in [0.2, 0.25) is 0 Å². The maximum Gasteiger partial charge on any atom is 0.410 e. The Balaban J connectivity index is 1.05. The number of benzene rings is 1. The summed E-state index contributed by atoms with van der Waals surface area (Å²) in [4.78, 5) is 41.1. The second-order valence-electron chi connectivity index (χ2n) is 13.5. The molecule has 1 fully saturated rings. The Morgan fingerprint density at radius 2 is 1.79 bits per heavy atom. The molecule has 0 unspecified atom stereocenters. The summed E-state index contributed by atoms with van der Waals surface area (Å²) in [6.45, 7) is 10.6. The van der Waals surface area contributed by atoms with Gasteiger partial charge in [-0.25, -0.2) is 24.1 Å². The van der Waals surface area contributed by atoms with E-state index in [4.69, 9.17) is 14.7 Å². The molecule has 6 rings (SSSR count). The van der Waals surface area contributed by atoms with Crippen molar-refractivity contribution in [3.63, 3.8) is 0 Å². The van der Waals surface area contributed by atoms with Crippen molar-refractivity contribution in [2.45, 2.75) is 77.0 Å². The lowest BCUT2D eigenvalue weighted by atomic mass is 9.98. The Hall–Kier alpha value is -4.49. The van der Waals surface area contributed by atoms with E-state index >= 15 is 0 Å². The number of carbonyl (C=O) groups excluding carboxylic acids is 1. The number of piperidine rings is 1. The smallest absolute Gasteiger partial charge is 0.410 e. The van der Waals surface area contributed by atoms with E-state index < -0.39 is 11.2 Å². The van der Waals surface area contributed by atoms with Gasteiger partial charge in [-0.2, -0.15) is 4.98 Å². The van der Waals surface area contributed by atoms with Gasteiger partial charge in [-0.15, -0.1) is 0 Å². The first-order valence-electron chi connectivity index (χ1n) is 16.4. The van der Waals surface area contributed by atoms with Crippen LogP contribution in [0.5, 0.6) is 0 Å². The maximum absolute atomic E-state index is 13.1. The molecule has 0 bridgehead atoms. The number of pyridine rings is 1. The van der Waals surface area contributed by atoms with Crippen molar-refractivity contribution in [1.82, 2.24) is 34.5 Å². The summed E-state index contributed by atoms with van der Waals surface area (Å²) in [6, 6.07) is 12.1. The molecule has 1 aliphatic heterocycles. The molecule has 0 radical (unpaired) electrons. The number of anilines is 3. The number of nitrogens with zero attached hydrogens (tertiary/aromatic N) is 6. The minimum absolute atomic E-state index is 0.226. The normalized spacial score (nSPS) is 18.4.